The smallest absolute Gasteiger partial charge is 0.240 e. The van der Waals surface area contributed by atoms with Crippen LogP contribution in [0.3, 0.4) is 0 Å². The van der Waals surface area contributed by atoms with E-state index in [1.807, 2.05) is 6.92 Å². The Bertz CT molecular complexity index is 559. The Balaban J connectivity index is 2.95. The van der Waals surface area contributed by atoms with Gasteiger partial charge >= 0.3 is 0 Å². The second kappa shape index (κ2) is 8.46. The van der Waals surface area contributed by atoms with Gasteiger partial charge in [-0.3, -0.25) is 0 Å². The van der Waals surface area contributed by atoms with Crippen LogP contribution >= 0.6 is 0 Å². The van der Waals surface area contributed by atoms with E-state index in [0.29, 0.717) is 18.7 Å². The van der Waals surface area contributed by atoms with Crippen LogP contribution in [0, 0.1) is 12.7 Å². The second-order valence-corrected chi connectivity index (χ2v) is 6.82. The standard InChI is InChI=1S/C15H25FN2O2S/c1-4-6-7-8-18-21(19,20)15-10-13(11-17-5-2)9-14(16)12(15)3/h9-10,17-18H,4-8,11H2,1-3H3. The summed E-state index contributed by atoms with van der Waals surface area (Å²) in [6, 6.07) is 2.93. The van der Waals surface area contributed by atoms with Crippen molar-refractivity contribution < 1.29 is 12.8 Å². The Morgan fingerprint density at radius 2 is 1.90 bits per heavy atom. The van der Waals surface area contributed by atoms with E-state index in [1.165, 1.54) is 13.0 Å². The zero-order chi connectivity index (χ0) is 15.9. The first-order valence-corrected chi connectivity index (χ1v) is 8.90. The van der Waals surface area contributed by atoms with Gasteiger partial charge in [0.25, 0.3) is 0 Å². The third kappa shape index (κ3) is 5.37. The van der Waals surface area contributed by atoms with Crippen molar-refractivity contribution in [1.29, 1.82) is 0 Å². The fourth-order valence-electron chi connectivity index (χ4n) is 2.02. The molecular formula is C15H25FN2O2S. The lowest BCUT2D eigenvalue weighted by atomic mass is 10.1. The number of nitrogens with one attached hydrogen (secondary N) is 2. The van der Waals surface area contributed by atoms with Crippen molar-refractivity contribution in [2.24, 2.45) is 0 Å². The summed E-state index contributed by atoms with van der Waals surface area (Å²) in [5.74, 6) is -0.487. The van der Waals surface area contributed by atoms with E-state index < -0.39 is 15.8 Å². The summed E-state index contributed by atoms with van der Waals surface area (Å²) in [5, 5.41) is 3.07. The molecular weight excluding hydrogens is 291 g/mol. The highest BCUT2D eigenvalue weighted by Gasteiger charge is 2.19. The van der Waals surface area contributed by atoms with E-state index in [0.717, 1.165) is 25.8 Å². The highest BCUT2D eigenvalue weighted by molar-refractivity contribution is 7.89. The first kappa shape index (κ1) is 18.1. The number of hydrogen-bond donors (Lipinski definition) is 2. The van der Waals surface area contributed by atoms with E-state index >= 15 is 0 Å². The van der Waals surface area contributed by atoms with Gasteiger partial charge in [0, 0.05) is 18.7 Å². The van der Waals surface area contributed by atoms with Crippen LogP contribution in [0.1, 0.15) is 44.2 Å². The topological polar surface area (TPSA) is 58.2 Å². The molecule has 0 aromatic heterocycles. The van der Waals surface area contributed by atoms with Crippen LogP contribution in [0.5, 0.6) is 0 Å². The van der Waals surface area contributed by atoms with Gasteiger partial charge in [0.15, 0.2) is 0 Å². The molecule has 120 valence electrons. The minimum atomic E-state index is -3.66. The number of sulfonamides is 1. The van der Waals surface area contributed by atoms with Gasteiger partial charge in [0.05, 0.1) is 4.90 Å². The van der Waals surface area contributed by atoms with Gasteiger partial charge in [-0.1, -0.05) is 26.7 Å². The summed E-state index contributed by atoms with van der Waals surface area (Å²) >= 11 is 0. The van der Waals surface area contributed by atoms with Gasteiger partial charge in [0.2, 0.25) is 10.0 Å². The Labute approximate surface area is 127 Å². The second-order valence-electron chi connectivity index (χ2n) is 5.09. The van der Waals surface area contributed by atoms with E-state index in [9.17, 15) is 12.8 Å². The molecule has 0 aliphatic carbocycles. The highest BCUT2D eigenvalue weighted by Crippen LogP contribution is 2.20. The van der Waals surface area contributed by atoms with Gasteiger partial charge in [0.1, 0.15) is 5.82 Å². The van der Waals surface area contributed by atoms with Gasteiger partial charge in [-0.2, -0.15) is 0 Å². The van der Waals surface area contributed by atoms with Crippen LogP contribution in [0.25, 0.3) is 0 Å². The third-order valence-corrected chi connectivity index (χ3v) is 4.88. The molecule has 6 heteroatoms. The van der Waals surface area contributed by atoms with E-state index in [1.54, 1.807) is 6.07 Å². The lowest BCUT2D eigenvalue weighted by Gasteiger charge is -2.12. The summed E-state index contributed by atoms with van der Waals surface area (Å²) < 4.78 is 41.1. The van der Waals surface area contributed by atoms with Crippen molar-refractivity contribution >= 4 is 10.0 Å². The van der Waals surface area contributed by atoms with Crippen molar-refractivity contribution in [3.63, 3.8) is 0 Å². The number of hydrogen-bond acceptors (Lipinski definition) is 3. The number of unbranched alkanes of at least 4 members (excludes halogenated alkanes) is 2. The van der Waals surface area contributed by atoms with Gasteiger partial charge in [-0.15, -0.1) is 0 Å². The van der Waals surface area contributed by atoms with E-state index in [-0.39, 0.29) is 10.5 Å². The fraction of sp³-hybridized carbons (Fsp3) is 0.600. The first-order valence-electron chi connectivity index (χ1n) is 7.41. The number of rotatable bonds is 9. The molecule has 1 aromatic rings. The average Bonchev–Trinajstić information content (AvgIpc) is 2.44. The molecule has 0 bridgehead atoms. The van der Waals surface area contributed by atoms with Crippen LogP contribution in [0.15, 0.2) is 17.0 Å². The minimum Gasteiger partial charge on any atom is -0.313 e. The maximum Gasteiger partial charge on any atom is 0.240 e. The van der Waals surface area contributed by atoms with Crippen molar-refractivity contribution in [3.05, 3.63) is 29.1 Å². The third-order valence-electron chi connectivity index (χ3n) is 3.30. The first-order chi connectivity index (χ1) is 9.92. The molecule has 0 atom stereocenters. The SMILES string of the molecule is CCCCCNS(=O)(=O)c1cc(CNCC)cc(F)c1C. The van der Waals surface area contributed by atoms with Crippen LogP contribution < -0.4 is 10.0 Å². The Morgan fingerprint density at radius 3 is 2.52 bits per heavy atom. The highest BCUT2D eigenvalue weighted by atomic mass is 32.2. The summed E-state index contributed by atoms with van der Waals surface area (Å²) in [5.41, 5.74) is 0.798. The predicted octanol–water partition coefficient (Wildman–Crippen LogP) is 2.71. The van der Waals surface area contributed by atoms with Gasteiger partial charge in [-0.25, -0.2) is 17.5 Å². The van der Waals surface area contributed by atoms with Crippen LogP contribution in [0.4, 0.5) is 4.39 Å². The molecule has 1 aromatic carbocycles. The van der Waals surface area contributed by atoms with Gasteiger partial charge < -0.3 is 5.32 Å². The molecule has 0 saturated carbocycles. The summed E-state index contributed by atoms with van der Waals surface area (Å²) in [4.78, 5) is 0.0342. The van der Waals surface area contributed by atoms with Gasteiger partial charge in [-0.05, 0) is 37.6 Å². The molecule has 1 rings (SSSR count). The van der Waals surface area contributed by atoms with Crippen LogP contribution in [-0.4, -0.2) is 21.5 Å². The van der Waals surface area contributed by atoms with Crippen molar-refractivity contribution in [2.75, 3.05) is 13.1 Å². The molecule has 0 aliphatic heterocycles. The van der Waals surface area contributed by atoms with Crippen LogP contribution in [-0.2, 0) is 16.6 Å². The molecule has 2 N–H and O–H groups in total. The lowest BCUT2D eigenvalue weighted by Crippen LogP contribution is -2.26. The van der Waals surface area contributed by atoms with E-state index in [4.69, 9.17) is 0 Å². The monoisotopic (exact) mass is 316 g/mol. The zero-order valence-corrected chi connectivity index (χ0v) is 13.8. The molecule has 0 amide bonds. The van der Waals surface area contributed by atoms with Crippen molar-refractivity contribution in [2.45, 2.75) is 51.5 Å². The molecule has 0 radical (unpaired) electrons. The Kier molecular flexibility index (Phi) is 7.28. The fourth-order valence-corrected chi connectivity index (χ4v) is 3.39. The Hall–Kier alpha value is -0.980. The minimum absolute atomic E-state index is 0.0342. The largest absolute Gasteiger partial charge is 0.313 e. The summed E-state index contributed by atoms with van der Waals surface area (Å²) in [6.07, 6.45) is 2.78. The molecule has 0 fully saturated rings. The average molecular weight is 316 g/mol. The molecule has 0 unspecified atom stereocenters. The Morgan fingerprint density at radius 1 is 1.19 bits per heavy atom. The molecule has 0 saturated heterocycles. The molecule has 0 spiro atoms. The van der Waals surface area contributed by atoms with Crippen molar-refractivity contribution in [3.8, 4) is 0 Å². The normalized spacial score (nSPS) is 11.8. The number of benzene rings is 1. The quantitative estimate of drug-likeness (QED) is 0.689. The number of halogens is 1. The molecule has 21 heavy (non-hydrogen) atoms. The molecule has 4 nitrogen and oxygen atoms in total. The van der Waals surface area contributed by atoms with Crippen LogP contribution in [0.2, 0.25) is 0 Å². The maximum absolute atomic E-state index is 13.9. The van der Waals surface area contributed by atoms with Crippen molar-refractivity contribution in [1.82, 2.24) is 10.0 Å². The molecule has 0 aliphatic rings. The maximum atomic E-state index is 13.9. The molecule has 0 heterocycles. The summed E-state index contributed by atoms with van der Waals surface area (Å²) in [6.45, 7) is 7.07. The predicted molar refractivity (Wildman–Crippen MR) is 83.2 cm³/mol. The lowest BCUT2D eigenvalue weighted by molar-refractivity contribution is 0.568. The van der Waals surface area contributed by atoms with E-state index in [2.05, 4.69) is 17.0 Å². The summed E-state index contributed by atoms with van der Waals surface area (Å²) in [7, 11) is -3.66. The zero-order valence-electron chi connectivity index (χ0n) is 13.0.